The number of ether oxygens (including phenoxy) is 3. The molecule has 0 saturated carbocycles. The third-order valence-corrected chi connectivity index (χ3v) is 5.02. The van der Waals surface area contributed by atoms with Crippen molar-refractivity contribution in [3.8, 4) is 17.2 Å². The smallest absolute Gasteiger partial charge is 0.262 e. The highest BCUT2D eigenvalue weighted by molar-refractivity contribution is 6.04. The third kappa shape index (κ3) is 5.65. The molecule has 0 unspecified atom stereocenters. The van der Waals surface area contributed by atoms with Gasteiger partial charge in [-0.3, -0.25) is 9.59 Å². The molecule has 0 aliphatic carbocycles. The average molecular weight is 412 g/mol. The number of amides is 2. The molecule has 7 heteroatoms. The standard InChI is InChI=1S/C23H28N2O5/c1-28-17-13-18(29-2)15-19(14-17)30-16-22(26)24-21-10-6-5-9-20(21)23(27)25-11-7-3-4-8-12-25/h5-6,9-10,13-15H,3-4,7-8,11-12,16H2,1-2H3,(H,24,26). The van der Waals surface area contributed by atoms with Crippen LogP contribution in [0.5, 0.6) is 17.2 Å². The normalized spacial score (nSPS) is 13.9. The van der Waals surface area contributed by atoms with Crippen molar-refractivity contribution in [3.63, 3.8) is 0 Å². The van der Waals surface area contributed by atoms with Gasteiger partial charge in [-0.2, -0.15) is 0 Å². The largest absolute Gasteiger partial charge is 0.496 e. The fraction of sp³-hybridized carbons (Fsp3) is 0.391. The molecule has 2 aromatic carbocycles. The van der Waals surface area contributed by atoms with Crippen molar-refractivity contribution in [3.05, 3.63) is 48.0 Å². The minimum atomic E-state index is -0.354. The van der Waals surface area contributed by atoms with E-state index in [9.17, 15) is 9.59 Å². The van der Waals surface area contributed by atoms with Gasteiger partial charge in [0.15, 0.2) is 6.61 Å². The Bertz CT molecular complexity index is 853. The lowest BCUT2D eigenvalue weighted by Crippen LogP contribution is -2.33. The Kier molecular flexibility index (Phi) is 7.54. The lowest BCUT2D eigenvalue weighted by molar-refractivity contribution is -0.118. The molecule has 3 rings (SSSR count). The number of methoxy groups -OCH3 is 2. The zero-order chi connectivity index (χ0) is 21.3. The number of anilines is 1. The number of rotatable bonds is 7. The van der Waals surface area contributed by atoms with Crippen LogP contribution in [0.2, 0.25) is 0 Å². The second kappa shape index (κ2) is 10.5. The first-order chi connectivity index (χ1) is 14.6. The molecule has 1 aliphatic heterocycles. The van der Waals surface area contributed by atoms with Gasteiger partial charge < -0.3 is 24.4 Å². The number of likely N-dealkylation sites (tertiary alicyclic amines) is 1. The Balaban J connectivity index is 1.65. The van der Waals surface area contributed by atoms with Crippen molar-refractivity contribution < 1.29 is 23.8 Å². The molecule has 2 aromatic rings. The Morgan fingerprint density at radius 1 is 0.900 bits per heavy atom. The Labute approximate surface area is 176 Å². The van der Waals surface area contributed by atoms with Crippen molar-refractivity contribution >= 4 is 17.5 Å². The van der Waals surface area contributed by atoms with Gasteiger partial charge >= 0.3 is 0 Å². The van der Waals surface area contributed by atoms with Crippen LogP contribution in [0.25, 0.3) is 0 Å². The van der Waals surface area contributed by atoms with E-state index < -0.39 is 0 Å². The molecular weight excluding hydrogens is 384 g/mol. The van der Waals surface area contributed by atoms with Crippen LogP contribution in [0.3, 0.4) is 0 Å². The predicted molar refractivity (Wildman–Crippen MR) is 114 cm³/mol. The summed E-state index contributed by atoms with van der Waals surface area (Å²) in [4.78, 5) is 27.3. The number of carbonyl (C=O) groups excluding carboxylic acids is 2. The molecular formula is C23H28N2O5. The fourth-order valence-electron chi connectivity index (χ4n) is 3.42. The molecule has 0 atom stereocenters. The van der Waals surface area contributed by atoms with Crippen LogP contribution in [0, 0.1) is 0 Å². The van der Waals surface area contributed by atoms with Gasteiger partial charge in [-0.15, -0.1) is 0 Å². The van der Waals surface area contributed by atoms with E-state index in [1.54, 1.807) is 56.7 Å². The van der Waals surface area contributed by atoms with Gasteiger partial charge in [0, 0.05) is 31.3 Å². The highest BCUT2D eigenvalue weighted by Crippen LogP contribution is 2.27. The van der Waals surface area contributed by atoms with Crippen molar-refractivity contribution in [1.29, 1.82) is 0 Å². The topological polar surface area (TPSA) is 77.1 Å². The summed E-state index contributed by atoms with van der Waals surface area (Å²) in [6.07, 6.45) is 4.32. The highest BCUT2D eigenvalue weighted by atomic mass is 16.5. The first-order valence-electron chi connectivity index (χ1n) is 10.1. The number of hydrogen-bond acceptors (Lipinski definition) is 5. The second-order valence-electron chi connectivity index (χ2n) is 7.14. The Morgan fingerprint density at radius 2 is 1.50 bits per heavy atom. The quantitative estimate of drug-likeness (QED) is 0.750. The monoisotopic (exact) mass is 412 g/mol. The summed E-state index contributed by atoms with van der Waals surface area (Å²) >= 11 is 0. The summed E-state index contributed by atoms with van der Waals surface area (Å²) in [6, 6.07) is 12.1. The summed E-state index contributed by atoms with van der Waals surface area (Å²) in [5.74, 6) is 1.19. The van der Waals surface area contributed by atoms with Gasteiger partial charge in [-0.25, -0.2) is 0 Å². The van der Waals surface area contributed by atoms with Crippen LogP contribution < -0.4 is 19.5 Å². The van der Waals surface area contributed by atoms with Crippen LogP contribution >= 0.6 is 0 Å². The molecule has 30 heavy (non-hydrogen) atoms. The molecule has 1 heterocycles. The lowest BCUT2D eigenvalue weighted by atomic mass is 10.1. The fourth-order valence-corrected chi connectivity index (χ4v) is 3.42. The van der Waals surface area contributed by atoms with Crippen LogP contribution in [0.1, 0.15) is 36.0 Å². The van der Waals surface area contributed by atoms with Gasteiger partial charge in [0.2, 0.25) is 0 Å². The van der Waals surface area contributed by atoms with E-state index >= 15 is 0 Å². The van der Waals surface area contributed by atoms with Crippen LogP contribution in [0.4, 0.5) is 5.69 Å². The molecule has 7 nitrogen and oxygen atoms in total. The molecule has 1 saturated heterocycles. The van der Waals surface area contributed by atoms with Gasteiger partial charge in [-0.05, 0) is 25.0 Å². The maximum Gasteiger partial charge on any atom is 0.262 e. The van der Waals surface area contributed by atoms with E-state index in [0.29, 0.717) is 28.5 Å². The zero-order valence-corrected chi connectivity index (χ0v) is 17.5. The molecule has 0 bridgehead atoms. The molecule has 1 fully saturated rings. The lowest BCUT2D eigenvalue weighted by Gasteiger charge is -2.22. The number of nitrogens with one attached hydrogen (secondary N) is 1. The van der Waals surface area contributed by atoms with E-state index in [0.717, 1.165) is 38.8 Å². The Morgan fingerprint density at radius 3 is 2.13 bits per heavy atom. The van der Waals surface area contributed by atoms with E-state index in [2.05, 4.69) is 5.32 Å². The minimum Gasteiger partial charge on any atom is -0.496 e. The summed E-state index contributed by atoms with van der Waals surface area (Å²) in [5, 5.41) is 2.80. The van der Waals surface area contributed by atoms with Crippen molar-refractivity contribution in [2.24, 2.45) is 0 Å². The average Bonchev–Trinajstić information content (AvgIpc) is 3.07. The predicted octanol–water partition coefficient (Wildman–Crippen LogP) is 3.74. The number of nitrogens with zero attached hydrogens (tertiary/aromatic N) is 1. The second-order valence-corrected chi connectivity index (χ2v) is 7.14. The van der Waals surface area contributed by atoms with Crippen molar-refractivity contribution in [2.75, 3.05) is 39.2 Å². The molecule has 0 radical (unpaired) electrons. The van der Waals surface area contributed by atoms with Crippen molar-refractivity contribution in [2.45, 2.75) is 25.7 Å². The maximum absolute atomic E-state index is 13.0. The molecule has 1 aliphatic rings. The number of carbonyl (C=O) groups is 2. The van der Waals surface area contributed by atoms with Gasteiger partial charge in [0.25, 0.3) is 11.8 Å². The SMILES string of the molecule is COc1cc(OC)cc(OCC(=O)Nc2ccccc2C(=O)N2CCCCCC2)c1. The van der Waals surface area contributed by atoms with Crippen LogP contribution in [0.15, 0.2) is 42.5 Å². The first-order valence-corrected chi connectivity index (χ1v) is 10.1. The van der Waals surface area contributed by atoms with Crippen LogP contribution in [-0.2, 0) is 4.79 Å². The van der Waals surface area contributed by atoms with E-state index in [1.165, 1.54) is 0 Å². The van der Waals surface area contributed by atoms with E-state index in [-0.39, 0.29) is 18.4 Å². The maximum atomic E-state index is 13.0. The van der Waals surface area contributed by atoms with Gasteiger partial charge in [0.05, 0.1) is 25.5 Å². The zero-order valence-electron chi connectivity index (χ0n) is 17.5. The first kappa shape index (κ1) is 21.5. The summed E-state index contributed by atoms with van der Waals surface area (Å²) < 4.78 is 16.0. The van der Waals surface area contributed by atoms with E-state index in [4.69, 9.17) is 14.2 Å². The number of para-hydroxylation sites is 1. The summed E-state index contributed by atoms with van der Waals surface area (Å²) in [6.45, 7) is 1.30. The molecule has 1 N–H and O–H groups in total. The minimum absolute atomic E-state index is 0.0498. The Hall–Kier alpha value is -3.22. The van der Waals surface area contributed by atoms with Gasteiger partial charge in [-0.1, -0.05) is 25.0 Å². The van der Waals surface area contributed by atoms with E-state index in [1.807, 2.05) is 4.90 Å². The number of benzene rings is 2. The molecule has 0 spiro atoms. The summed E-state index contributed by atoms with van der Waals surface area (Å²) in [5.41, 5.74) is 0.986. The highest BCUT2D eigenvalue weighted by Gasteiger charge is 2.20. The molecule has 0 aromatic heterocycles. The summed E-state index contributed by atoms with van der Waals surface area (Å²) in [7, 11) is 3.09. The van der Waals surface area contributed by atoms with Gasteiger partial charge in [0.1, 0.15) is 17.2 Å². The number of hydrogen-bond donors (Lipinski definition) is 1. The molecule has 2 amide bonds. The third-order valence-electron chi connectivity index (χ3n) is 5.02. The van der Waals surface area contributed by atoms with Crippen LogP contribution in [-0.4, -0.2) is 50.6 Å². The molecule has 160 valence electrons. The van der Waals surface area contributed by atoms with Crippen molar-refractivity contribution in [1.82, 2.24) is 4.90 Å².